The SMILES string of the molecule is CNC(=O)c1ccc(NC(=O)CSCc2c(C)noc2C)cc1. The average Bonchev–Trinajstić information content (AvgIpc) is 2.86. The number of aromatic nitrogens is 1. The molecule has 7 heteroatoms. The van der Waals surface area contributed by atoms with Gasteiger partial charge in [-0.05, 0) is 38.1 Å². The number of hydrogen-bond donors (Lipinski definition) is 2. The number of amides is 2. The predicted octanol–water partition coefficient (Wildman–Crippen LogP) is 2.52. The Bertz CT molecular complexity index is 676. The molecular formula is C16H19N3O3S. The van der Waals surface area contributed by atoms with E-state index in [1.807, 2.05) is 13.8 Å². The van der Waals surface area contributed by atoms with Gasteiger partial charge < -0.3 is 15.2 Å². The van der Waals surface area contributed by atoms with E-state index in [-0.39, 0.29) is 11.8 Å². The second-order valence-corrected chi connectivity index (χ2v) is 5.99. The lowest BCUT2D eigenvalue weighted by Gasteiger charge is -2.06. The first-order valence-corrected chi connectivity index (χ1v) is 8.28. The Labute approximate surface area is 139 Å². The van der Waals surface area contributed by atoms with E-state index in [2.05, 4.69) is 15.8 Å². The van der Waals surface area contributed by atoms with E-state index < -0.39 is 0 Å². The Morgan fingerprint density at radius 1 is 1.22 bits per heavy atom. The van der Waals surface area contributed by atoms with Crippen molar-refractivity contribution >= 4 is 29.3 Å². The normalized spacial score (nSPS) is 10.4. The van der Waals surface area contributed by atoms with Crippen LogP contribution in [-0.2, 0) is 10.5 Å². The van der Waals surface area contributed by atoms with Crippen LogP contribution < -0.4 is 10.6 Å². The second kappa shape index (κ2) is 7.82. The number of benzene rings is 1. The van der Waals surface area contributed by atoms with Crippen LogP contribution in [-0.4, -0.2) is 29.8 Å². The van der Waals surface area contributed by atoms with Crippen molar-refractivity contribution in [2.75, 3.05) is 18.1 Å². The van der Waals surface area contributed by atoms with Gasteiger partial charge in [-0.3, -0.25) is 9.59 Å². The molecule has 122 valence electrons. The van der Waals surface area contributed by atoms with Gasteiger partial charge in [-0.25, -0.2) is 0 Å². The minimum Gasteiger partial charge on any atom is -0.361 e. The van der Waals surface area contributed by atoms with Gasteiger partial charge in [0.1, 0.15) is 5.76 Å². The van der Waals surface area contributed by atoms with Gasteiger partial charge in [0.25, 0.3) is 5.91 Å². The lowest BCUT2D eigenvalue weighted by atomic mass is 10.2. The standard InChI is InChI=1S/C16H19N3O3S/c1-10-14(11(2)22-19-10)8-23-9-15(20)18-13-6-4-12(5-7-13)16(21)17-3/h4-7H,8-9H2,1-3H3,(H,17,21)(H,18,20). The minimum absolute atomic E-state index is 0.0885. The lowest BCUT2D eigenvalue weighted by Crippen LogP contribution is -2.18. The molecule has 0 aliphatic carbocycles. The zero-order chi connectivity index (χ0) is 16.8. The van der Waals surface area contributed by atoms with E-state index in [1.54, 1.807) is 31.3 Å². The van der Waals surface area contributed by atoms with Gasteiger partial charge in [0.05, 0.1) is 11.4 Å². The Balaban J connectivity index is 1.82. The fourth-order valence-electron chi connectivity index (χ4n) is 2.00. The summed E-state index contributed by atoms with van der Waals surface area (Å²) in [7, 11) is 1.58. The molecule has 0 bridgehead atoms. The summed E-state index contributed by atoms with van der Waals surface area (Å²) in [5.74, 6) is 1.57. The topological polar surface area (TPSA) is 84.2 Å². The Kier molecular flexibility index (Phi) is 5.81. The summed E-state index contributed by atoms with van der Waals surface area (Å²) in [4.78, 5) is 23.4. The lowest BCUT2D eigenvalue weighted by molar-refractivity contribution is -0.113. The van der Waals surface area contributed by atoms with E-state index in [0.29, 0.717) is 22.8 Å². The maximum absolute atomic E-state index is 11.9. The number of anilines is 1. The van der Waals surface area contributed by atoms with E-state index in [4.69, 9.17) is 4.52 Å². The molecule has 2 aromatic rings. The number of carbonyl (C=O) groups excluding carboxylic acids is 2. The average molecular weight is 333 g/mol. The highest BCUT2D eigenvalue weighted by atomic mass is 32.2. The van der Waals surface area contributed by atoms with E-state index >= 15 is 0 Å². The molecule has 6 nitrogen and oxygen atoms in total. The number of aryl methyl sites for hydroxylation is 2. The molecule has 0 aliphatic rings. The van der Waals surface area contributed by atoms with Crippen LogP contribution in [0, 0.1) is 13.8 Å². The number of thioether (sulfide) groups is 1. The first-order chi connectivity index (χ1) is 11.0. The summed E-state index contributed by atoms with van der Waals surface area (Å²) in [6.07, 6.45) is 0. The van der Waals surface area contributed by atoms with Crippen LogP contribution in [0.2, 0.25) is 0 Å². The molecule has 2 N–H and O–H groups in total. The number of rotatable bonds is 6. The number of nitrogens with zero attached hydrogens (tertiary/aromatic N) is 1. The van der Waals surface area contributed by atoms with Crippen molar-refractivity contribution in [3.8, 4) is 0 Å². The minimum atomic E-state index is -0.155. The molecule has 2 rings (SSSR count). The third-order valence-electron chi connectivity index (χ3n) is 3.32. The molecule has 0 aliphatic heterocycles. The highest BCUT2D eigenvalue weighted by molar-refractivity contribution is 7.99. The molecule has 0 saturated heterocycles. The van der Waals surface area contributed by atoms with Crippen LogP contribution in [0.3, 0.4) is 0 Å². The molecule has 0 spiro atoms. The van der Waals surface area contributed by atoms with Crippen molar-refractivity contribution in [2.24, 2.45) is 0 Å². The van der Waals surface area contributed by atoms with Crippen LogP contribution in [0.5, 0.6) is 0 Å². The van der Waals surface area contributed by atoms with Gasteiger partial charge in [-0.2, -0.15) is 0 Å². The fourth-order valence-corrected chi connectivity index (χ4v) is 2.98. The molecule has 0 atom stereocenters. The summed E-state index contributed by atoms with van der Waals surface area (Å²) >= 11 is 1.50. The van der Waals surface area contributed by atoms with E-state index in [0.717, 1.165) is 17.0 Å². The zero-order valence-corrected chi connectivity index (χ0v) is 14.1. The molecule has 2 amide bonds. The second-order valence-electron chi connectivity index (χ2n) is 5.00. The molecular weight excluding hydrogens is 314 g/mol. The predicted molar refractivity (Wildman–Crippen MR) is 90.6 cm³/mol. The van der Waals surface area contributed by atoms with Gasteiger partial charge in [0, 0.05) is 29.6 Å². The van der Waals surface area contributed by atoms with Gasteiger partial charge in [0.2, 0.25) is 5.91 Å². The third kappa shape index (κ3) is 4.59. The molecule has 1 aromatic carbocycles. The number of nitrogens with one attached hydrogen (secondary N) is 2. The number of carbonyl (C=O) groups is 2. The first kappa shape index (κ1) is 17.1. The van der Waals surface area contributed by atoms with E-state index in [9.17, 15) is 9.59 Å². The third-order valence-corrected chi connectivity index (χ3v) is 4.28. The highest BCUT2D eigenvalue weighted by Gasteiger charge is 2.10. The molecule has 0 radical (unpaired) electrons. The van der Waals surface area contributed by atoms with Crippen molar-refractivity contribution in [1.82, 2.24) is 10.5 Å². The van der Waals surface area contributed by atoms with Crippen LogP contribution in [0.15, 0.2) is 28.8 Å². The van der Waals surface area contributed by atoms with Crippen LogP contribution >= 0.6 is 11.8 Å². The monoisotopic (exact) mass is 333 g/mol. The molecule has 0 fully saturated rings. The summed E-state index contributed by atoms with van der Waals surface area (Å²) in [6.45, 7) is 3.75. The van der Waals surface area contributed by atoms with Crippen molar-refractivity contribution in [2.45, 2.75) is 19.6 Å². The summed E-state index contributed by atoms with van der Waals surface area (Å²) in [6, 6.07) is 6.76. The number of hydrogen-bond acceptors (Lipinski definition) is 5. The Morgan fingerprint density at radius 2 is 1.91 bits per heavy atom. The quantitative estimate of drug-likeness (QED) is 0.848. The van der Waals surface area contributed by atoms with Gasteiger partial charge in [-0.15, -0.1) is 11.8 Å². The fraction of sp³-hybridized carbons (Fsp3) is 0.312. The maximum atomic E-state index is 11.9. The molecule has 1 aromatic heterocycles. The Hall–Kier alpha value is -2.28. The Morgan fingerprint density at radius 3 is 2.48 bits per heavy atom. The smallest absolute Gasteiger partial charge is 0.251 e. The molecule has 1 heterocycles. The van der Waals surface area contributed by atoms with Crippen LogP contribution in [0.25, 0.3) is 0 Å². The van der Waals surface area contributed by atoms with Crippen molar-refractivity contribution in [3.63, 3.8) is 0 Å². The zero-order valence-electron chi connectivity index (χ0n) is 13.3. The largest absolute Gasteiger partial charge is 0.361 e. The summed E-state index contributed by atoms with van der Waals surface area (Å²) in [5, 5.41) is 9.24. The summed E-state index contributed by atoms with van der Waals surface area (Å²) < 4.78 is 5.09. The highest BCUT2D eigenvalue weighted by Crippen LogP contribution is 2.19. The molecule has 0 saturated carbocycles. The summed E-state index contributed by atoms with van der Waals surface area (Å²) in [5.41, 5.74) is 3.12. The van der Waals surface area contributed by atoms with Gasteiger partial charge in [-0.1, -0.05) is 5.16 Å². The van der Waals surface area contributed by atoms with Crippen LogP contribution in [0.4, 0.5) is 5.69 Å². The molecule has 0 unspecified atom stereocenters. The van der Waals surface area contributed by atoms with Crippen molar-refractivity contribution in [1.29, 1.82) is 0 Å². The van der Waals surface area contributed by atoms with Gasteiger partial charge >= 0.3 is 0 Å². The molecule has 23 heavy (non-hydrogen) atoms. The van der Waals surface area contributed by atoms with Crippen molar-refractivity contribution < 1.29 is 14.1 Å². The van der Waals surface area contributed by atoms with E-state index in [1.165, 1.54) is 11.8 Å². The van der Waals surface area contributed by atoms with Crippen molar-refractivity contribution in [3.05, 3.63) is 46.8 Å². The van der Waals surface area contributed by atoms with Crippen LogP contribution in [0.1, 0.15) is 27.4 Å². The maximum Gasteiger partial charge on any atom is 0.251 e. The first-order valence-electron chi connectivity index (χ1n) is 7.12. The van der Waals surface area contributed by atoms with Gasteiger partial charge in [0.15, 0.2) is 0 Å².